The summed E-state index contributed by atoms with van der Waals surface area (Å²) in [4.78, 5) is 2.62. The van der Waals surface area contributed by atoms with Gasteiger partial charge in [0.1, 0.15) is 10.7 Å². The van der Waals surface area contributed by atoms with Gasteiger partial charge in [0.05, 0.1) is 0 Å². The highest BCUT2D eigenvalue weighted by atomic mass is 32.2. The van der Waals surface area contributed by atoms with Crippen molar-refractivity contribution < 1.29 is 8.42 Å². The summed E-state index contributed by atoms with van der Waals surface area (Å²) in [5.74, 6) is 0.794. The molecular weight excluding hydrogens is 238 g/mol. The highest BCUT2D eigenvalue weighted by Gasteiger charge is 2.34. The Morgan fingerprint density at radius 2 is 2.24 bits per heavy atom. The van der Waals surface area contributed by atoms with Crippen molar-refractivity contribution in [2.45, 2.75) is 25.3 Å². The SMILES string of the molecule is O=S1(=O)NC[C@@H]2CCCCN2C2=C1C=CCN2. The van der Waals surface area contributed by atoms with Crippen LogP contribution in [0.3, 0.4) is 0 Å². The normalized spacial score (nSPS) is 31.3. The molecule has 3 aliphatic rings. The van der Waals surface area contributed by atoms with Crippen LogP contribution in [0, 0.1) is 0 Å². The van der Waals surface area contributed by atoms with Crippen LogP contribution in [0.2, 0.25) is 0 Å². The molecule has 3 aliphatic heterocycles. The van der Waals surface area contributed by atoms with E-state index in [9.17, 15) is 8.42 Å². The van der Waals surface area contributed by atoms with Crippen molar-refractivity contribution in [3.63, 3.8) is 0 Å². The summed E-state index contributed by atoms with van der Waals surface area (Å²) in [5, 5.41) is 3.22. The van der Waals surface area contributed by atoms with Crippen LogP contribution in [0.25, 0.3) is 0 Å². The van der Waals surface area contributed by atoms with E-state index in [0.29, 0.717) is 24.0 Å². The van der Waals surface area contributed by atoms with Crippen LogP contribution in [-0.2, 0) is 10.0 Å². The fraction of sp³-hybridized carbons (Fsp3) is 0.636. The standard InChI is InChI=1S/C11H17N3O2S/c15-17(16)10-5-3-6-12-11(10)14-7-2-1-4-9(14)8-13-17/h3,5,9,12-13H,1-2,4,6-8H2/t9-/m0/s1. The number of allylic oxidation sites excluding steroid dienone is 1. The molecule has 5 nitrogen and oxygen atoms in total. The third-order valence-corrected chi connectivity index (χ3v) is 5.06. The molecule has 0 aromatic heterocycles. The number of piperidine rings is 1. The van der Waals surface area contributed by atoms with Gasteiger partial charge < -0.3 is 10.2 Å². The Kier molecular flexibility index (Phi) is 2.63. The van der Waals surface area contributed by atoms with Gasteiger partial charge in [-0.3, -0.25) is 0 Å². The van der Waals surface area contributed by atoms with Gasteiger partial charge in [-0.2, -0.15) is 0 Å². The van der Waals surface area contributed by atoms with Gasteiger partial charge in [0.15, 0.2) is 0 Å². The molecule has 94 valence electrons. The van der Waals surface area contributed by atoms with Crippen molar-refractivity contribution >= 4 is 10.0 Å². The summed E-state index contributed by atoms with van der Waals surface area (Å²) in [7, 11) is -3.34. The number of fused-ring (bicyclic) bond motifs is 2. The van der Waals surface area contributed by atoms with Gasteiger partial charge >= 0.3 is 0 Å². The van der Waals surface area contributed by atoms with Gasteiger partial charge in [0.25, 0.3) is 0 Å². The van der Waals surface area contributed by atoms with Gasteiger partial charge in [-0.25, -0.2) is 13.1 Å². The molecule has 17 heavy (non-hydrogen) atoms. The van der Waals surface area contributed by atoms with E-state index in [1.807, 2.05) is 6.08 Å². The molecule has 0 saturated carbocycles. The van der Waals surface area contributed by atoms with E-state index in [0.717, 1.165) is 25.2 Å². The summed E-state index contributed by atoms with van der Waals surface area (Å²) in [6.45, 7) is 2.17. The summed E-state index contributed by atoms with van der Waals surface area (Å²) < 4.78 is 26.9. The van der Waals surface area contributed by atoms with Crippen LogP contribution < -0.4 is 10.0 Å². The topological polar surface area (TPSA) is 61.4 Å². The number of dihydropyridines is 1. The van der Waals surface area contributed by atoms with Crippen LogP contribution >= 0.6 is 0 Å². The van der Waals surface area contributed by atoms with Crippen molar-refractivity contribution in [1.82, 2.24) is 14.9 Å². The molecule has 1 saturated heterocycles. The van der Waals surface area contributed by atoms with Crippen LogP contribution in [-0.4, -0.2) is 39.0 Å². The van der Waals surface area contributed by atoms with Gasteiger partial charge in [-0.15, -0.1) is 0 Å². The van der Waals surface area contributed by atoms with Crippen molar-refractivity contribution in [1.29, 1.82) is 0 Å². The molecular formula is C11H17N3O2S. The van der Waals surface area contributed by atoms with Gasteiger partial charge in [-0.1, -0.05) is 6.08 Å². The van der Waals surface area contributed by atoms with Crippen LogP contribution in [0.4, 0.5) is 0 Å². The Labute approximate surface area is 102 Å². The maximum Gasteiger partial charge on any atom is 0.244 e. The second kappa shape index (κ2) is 4.03. The monoisotopic (exact) mass is 255 g/mol. The largest absolute Gasteiger partial charge is 0.367 e. The number of sulfonamides is 1. The average molecular weight is 255 g/mol. The maximum absolute atomic E-state index is 12.1. The molecule has 2 N–H and O–H groups in total. The zero-order valence-corrected chi connectivity index (χ0v) is 10.5. The molecule has 1 fully saturated rings. The molecule has 0 bridgehead atoms. The number of hydrogen-bond donors (Lipinski definition) is 2. The van der Waals surface area contributed by atoms with E-state index in [4.69, 9.17) is 0 Å². The summed E-state index contributed by atoms with van der Waals surface area (Å²) in [5.41, 5.74) is 0. The molecule has 3 heterocycles. The predicted molar refractivity (Wildman–Crippen MR) is 65.4 cm³/mol. The third kappa shape index (κ3) is 1.85. The van der Waals surface area contributed by atoms with E-state index in [2.05, 4.69) is 14.9 Å². The lowest BCUT2D eigenvalue weighted by Crippen LogP contribution is -2.46. The summed E-state index contributed by atoms with van der Waals surface area (Å²) in [6, 6.07) is 0.296. The minimum absolute atomic E-state index is 0.296. The number of nitrogens with one attached hydrogen (secondary N) is 2. The Morgan fingerprint density at radius 1 is 1.35 bits per heavy atom. The zero-order valence-electron chi connectivity index (χ0n) is 9.65. The van der Waals surface area contributed by atoms with E-state index < -0.39 is 10.0 Å². The Morgan fingerprint density at radius 3 is 3.12 bits per heavy atom. The second-order valence-electron chi connectivity index (χ2n) is 4.69. The number of rotatable bonds is 0. The predicted octanol–water partition coefficient (Wildman–Crippen LogP) is 0.102. The number of hydrogen-bond acceptors (Lipinski definition) is 4. The second-order valence-corrected chi connectivity index (χ2v) is 6.43. The lowest BCUT2D eigenvalue weighted by Gasteiger charge is -2.38. The van der Waals surface area contributed by atoms with Crippen molar-refractivity contribution in [2.24, 2.45) is 0 Å². The first-order valence-electron chi connectivity index (χ1n) is 6.09. The molecule has 0 unspecified atom stereocenters. The lowest BCUT2D eigenvalue weighted by atomic mass is 10.0. The minimum atomic E-state index is -3.34. The Balaban J connectivity index is 2.08. The maximum atomic E-state index is 12.1. The average Bonchev–Trinajstić information content (AvgIpc) is 2.47. The minimum Gasteiger partial charge on any atom is -0.367 e. The quantitative estimate of drug-likeness (QED) is 0.644. The van der Waals surface area contributed by atoms with Crippen LogP contribution in [0.5, 0.6) is 0 Å². The third-order valence-electron chi connectivity index (χ3n) is 3.60. The first-order valence-corrected chi connectivity index (χ1v) is 7.58. The van der Waals surface area contributed by atoms with Gasteiger partial charge in [-0.05, 0) is 25.3 Å². The molecule has 0 aliphatic carbocycles. The fourth-order valence-electron chi connectivity index (χ4n) is 2.74. The molecule has 6 heteroatoms. The molecule has 0 aromatic carbocycles. The Hall–Kier alpha value is -1.01. The van der Waals surface area contributed by atoms with E-state index in [1.54, 1.807) is 6.08 Å². The molecule has 0 radical (unpaired) electrons. The molecule has 0 amide bonds. The van der Waals surface area contributed by atoms with E-state index >= 15 is 0 Å². The molecule has 0 aromatic rings. The van der Waals surface area contributed by atoms with E-state index in [-0.39, 0.29) is 0 Å². The molecule has 3 rings (SSSR count). The van der Waals surface area contributed by atoms with Gasteiger partial charge in [0.2, 0.25) is 10.0 Å². The highest BCUT2D eigenvalue weighted by Crippen LogP contribution is 2.28. The summed E-state index contributed by atoms with van der Waals surface area (Å²) >= 11 is 0. The molecule has 1 atom stereocenters. The summed E-state index contributed by atoms with van der Waals surface area (Å²) in [6.07, 6.45) is 6.94. The number of nitrogens with zero attached hydrogens (tertiary/aromatic N) is 1. The molecule has 0 spiro atoms. The van der Waals surface area contributed by atoms with Gasteiger partial charge in [0, 0.05) is 25.7 Å². The van der Waals surface area contributed by atoms with Crippen molar-refractivity contribution in [3.8, 4) is 0 Å². The van der Waals surface area contributed by atoms with Crippen LogP contribution in [0.1, 0.15) is 19.3 Å². The van der Waals surface area contributed by atoms with Crippen molar-refractivity contribution in [2.75, 3.05) is 19.6 Å². The smallest absolute Gasteiger partial charge is 0.244 e. The van der Waals surface area contributed by atoms with Crippen molar-refractivity contribution in [3.05, 3.63) is 22.9 Å². The first kappa shape index (κ1) is 11.1. The first-order chi connectivity index (χ1) is 8.18. The lowest BCUT2D eigenvalue weighted by molar-refractivity contribution is 0.186. The Bertz CT molecular complexity index is 481. The highest BCUT2D eigenvalue weighted by molar-refractivity contribution is 7.93. The van der Waals surface area contributed by atoms with Crippen LogP contribution in [0.15, 0.2) is 22.9 Å². The zero-order chi connectivity index (χ0) is 11.9. The van der Waals surface area contributed by atoms with E-state index in [1.165, 1.54) is 6.42 Å². The fourth-order valence-corrected chi connectivity index (χ4v) is 4.03.